The van der Waals surface area contributed by atoms with Crippen LogP contribution in [-0.2, 0) is 4.74 Å². The van der Waals surface area contributed by atoms with Gasteiger partial charge in [0, 0.05) is 25.5 Å². The molecule has 0 bridgehead atoms. The third kappa shape index (κ3) is 4.77. The van der Waals surface area contributed by atoms with E-state index >= 15 is 0 Å². The van der Waals surface area contributed by atoms with Crippen LogP contribution in [0.5, 0.6) is 0 Å². The molecule has 1 amide bonds. The number of rotatable bonds is 4. The molecule has 102 valence electrons. The smallest absolute Gasteiger partial charge is 0.410 e. The van der Waals surface area contributed by atoms with Crippen LogP contribution in [-0.4, -0.2) is 40.4 Å². The number of hydrogen-bond acceptors (Lipinski definition) is 3. The van der Waals surface area contributed by atoms with Crippen molar-refractivity contribution in [2.45, 2.75) is 45.6 Å². The summed E-state index contributed by atoms with van der Waals surface area (Å²) < 4.78 is 5.29. The van der Waals surface area contributed by atoms with Gasteiger partial charge in [-0.25, -0.2) is 4.79 Å². The van der Waals surface area contributed by atoms with Crippen LogP contribution >= 0.6 is 0 Å². The van der Waals surface area contributed by atoms with Crippen molar-refractivity contribution in [2.75, 3.05) is 13.6 Å². The molecule has 0 saturated heterocycles. The van der Waals surface area contributed by atoms with Gasteiger partial charge >= 0.3 is 6.09 Å². The van der Waals surface area contributed by atoms with Crippen molar-refractivity contribution in [1.82, 2.24) is 15.1 Å². The Hall–Kier alpha value is -1.52. The molecular weight excluding hydrogens is 230 g/mol. The Bertz CT molecular complexity index is 368. The minimum absolute atomic E-state index is 0.278. The van der Waals surface area contributed by atoms with Crippen LogP contribution in [0.15, 0.2) is 12.3 Å². The first kappa shape index (κ1) is 14.5. The molecule has 1 aromatic rings. The zero-order chi connectivity index (χ0) is 13.8. The summed E-state index contributed by atoms with van der Waals surface area (Å²) in [6.07, 6.45) is 2.33. The number of aromatic nitrogens is 2. The average Bonchev–Trinajstić information content (AvgIpc) is 2.76. The van der Waals surface area contributed by atoms with Crippen molar-refractivity contribution < 1.29 is 9.53 Å². The molecule has 0 spiro atoms. The minimum atomic E-state index is -0.444. The van der Waals surface area contributed by atoms with Gasteiger partial charge in [0.05, 0.1) is 0 Å². The molecule has 0 fully saturated rings. The van der Waals surface area contributed by atoms with E-state index < -0.39 is 5.60 Å². The third-order valence-corrected chi connectivity index (χ3v) is 2.66. The lowest BCUT2D eigenvalue weighted by Crippen LogP contribution is -2.35. The number of ether oxygens (including phenoxy) is 1. The van der Waals surface area contributed by atoms with E-state index in [1.807, 2.05) is 26.8 Å². The second kappa shape index (κ2) is 5.89. The number of carbonyl (C=O) groups is 1. The Balaban J connectivity index is 2.37. The zero-order valence-corrected chi connectivity index (χ0v) is 11.9. The number of nitrogens with one attached hydrogen (secondary N) is 1. The molecule has 0 radical (unpaired) electrons. The monoisotopic (exact) mass is 253 g/mol. The van der Waals surface area contributed by atoms with E-state index in [1.54, 1.807) is 18.1 Å². The van der Waals surface area contributed by atoms with Crippen LogP contribution in [0.4, 0.5) is 4.79 Å². The Morgan fingerprint density at radius 1 is 1.56 bits per heavy atom. The van der Waals surface area contributed by atoms with E-state index in [1.165, 1.54) is 0 Å². The number of carbonyl (C=O) groups excluding carboxylic acids is 1. The highest BCUT2D eigenvalue weighted by atomic mass is 16.6. The van der Waals surface area contributed by atoms with E-state index in [0.717, 1.165) is 12.1 Å². The van der Waals surface area contributed by atoms with Crippen LogP contribution in [0.3, 0.4) is 0 Å². The molecule has 5 nitrogen and oxygen atoms in total. The number of amides is 1. The van der Waals surface area contributed by atoms with E-state index in [-0.39, 0.29) is 6.09 Å². The van der Waals surface area contributed by atoms with Gasteiger partial charge in [0.1, 0.15) is 5.60 Å². The number of H-pyrrole nitrogens is 1. The summed E-state index contributed by atoms with van der Waals surface area (Å²) in [4.78, 5) is 13.4. The predicted molar refractivity (Wildman–Crippen MR) is 70.5 cm³/mol. The van der Waals surface area contributed by atoms with Crippen LogP contribution < -0.4 is 0 Å². The van der Waals surface area contributed by atoms with Crippen molar-refractivity contribution in [3.05, 3.63) is 18.0 Å². The minimum Gasteiger partial charge on any atom is -0.444 e. The van der Waals surface area contributed by atoms with E-state index in [0.29, 0.717) is 12.5 Å². The average molecular weight is 253 g/mol. The molecule has 1 rings (SSSR count). The topological polar surface area (TPSA) is 58.2 Å². The fourth-order valence-corrected chi connectivity index (χ4v) is 1.52. The largest absolute Gasteiger partial charge is 0.444 e. The van der Waals surface area contributed by atoms with Crippen molar-refractivity contribution in [1.29, 1.82) is 0 Å². The molecule has 18 heavy (non-hydrogen) atoms. The van der Waals surface area contributed by atoms with E-state index in [2.05, 4.69) is 17.1 Å². The Kier molecular flexibility index (Phi) is 4.76. The molecule has 0 aliphatic carbocycles. The standard InChI is InChI=1S/C13H23N3O2/c1-10(11-6-8-14-15-11)7-9-16(5)12(17)18-13(2,3)4/h6,8,10H,7,9H2,1-5H3,(H,14,15). The molecule has 0 aromatic carbocycles. The summed E-state index contributed by atoms with van der Waals surface area (Å²) in [7, 11) is 1.76. The molecular formula is C13H23N3O2. The van der Waals surface area contributed by atoms with Gasteiger partial charge in [0.15, 0.2) is 0 Å². The molecule has 1 heterocycles. The highest BCUT2D eigenvalue weighted by Crippen LogP contribution is 2.17. The summed E-state index contributed by atoms with van der Waals surface area (Å²) >= 11 is 0. The van der Waals surface area contributed by atoms with Gasteiger partial charge in [0.2, 0.25) is 0 Å². The highest BCUT2D eigenvalue weighted by Gasteiger charge is 2.20. The van der Waals surface area contributed by atoms with Gasteiger partial charge in [-0.15, -0.1) is 0 Å². The maximum Gasteiger partial charge on any atom is 0.410 e. The molecule has 1 atom stereocenters. The summed E-state index contributed by atoms with van der Waals surface area (Å²) in [6.45, 7) is 8.37. The lowest BCUT2D eigenvalue weighted by Gasteiger charge is -2.25. The highest BCUT2D eigenvalue weighted by molar-refractivity contribution is 5.67. The first-order valence-corrected chi connectivity index (χ1v) is 6.23. The van der Waals surface area contributed by atoms with Crippen molar-refractivity contribution in [3.8, 4) is 0 Å². The zero-order valence-electron chi connectivity index (χ0n) is 11.9. The van der Waals surface area contributed by atoms with Crippen LogP contribution in [0.1, 0.15) is 45.7 Å². The number of hydrogen-bond donors (Lipinski definition) is 1. The molecule has 0 saturated carbocycles. The first-order chi connectivity index (χ1) is 8.29. The van der Waals surface area contributed by atoms with Crippen molar-refractivity contribution >= 4 is 6.09 Å². The summed E-state index contributed by atoms with van der Waals surface area (Å²) in [5.41, 5.74) is 0.646. The normalized spacial score (nSPS) is 13.2. The summed E-state index contributed by atoms with van der Waals surface area (Å²) in [6, 6.07) is 1.96. The Morgan fingerprint density at radius 3 is 2.72 bits per heavy atom. The fourth-order valence-electron chi connectivity index (χ4n) is 1.52. The molecule has 0 aliphatic heterocycles. The van der Waals surface area contributed by atoms with Crippen LogP contribution in [0.25, 0.3) is 0 Å². The molecule has 0 aliphatic rings. The van der Waals surface area contributed by atoms with Gasteiger partial charge < -0.3 is 9.64 Å². The van der Waals surface area contributed by atoms with E-state index in [9.17, 15) is 4.79 Å². The molecule has 5 heteroatoms. The van der Waals surface area contributed by atoms with Gasteiger partial charge in [-0.2, -0.15) is 5.10 Å². The van der Waals surface area contributed by atoms with Gasteiger partial charge in [-0.05, 0) is 39.2 Å². The Labute approximate surface area is 109 Å². The second-order valence-electron chi connectivity index (χ2n) is 5.60. The number of aromatic amines is 1. The lowest BCUT2D eigenvalue weighted by molar-refractivity contribution is 0.0295. The van der Waals surface area contributed by atoms with Gasteiger partial charge in [-0.3, -0.25) is 5.10 Å². The quantitative estimate of drug-likeness (QED) is 0.897. The SMILES string of the molecule is CC(CCN(C)C(=O)OC(C)(C)C)c1ccn[nH]1. The molecule has 1 N–H and O–H groups in total. The molecule has 1 unspecified atom stereocenters. The van der Waals surface area contributed by atoms with Crippen molar-refractivity contribution in [2.24, 2.45) is 0 Å². The van der Waals surface area contributed by atoms with Crippen LogP contribution in [0, 0.1) is 0 Å². The first-order valence-electron chi connectivity index (χ1n) is 6.23. The van der Waals surface area contributed by atoms with Crippen molar-refractivity contribution in [3.63, 3.8) is 0 Å². The summed E-state index contributed by atoms with van der Waals surface area (Å²) in [5.74, 6) is 0.345. The molecule has 1 aromatic heterocycles. The fraction of sp³-hybridized carbons (Fsp3) is 0.692. The third-order valence-electron chi connectivity index (χ3n) is 2.66. The van der Waals surface area contributed by atoms with Gasteiger partial charge in [-0.1, -0.05) is 6.92 Å². The maximum atomic E-state index is 11.7. The second-order valence-corrected chi connectivity index (χ2v) is 5.60. The predicted octanol–water partition coefficient (Wildman–Crippen LogP) is 2.77. The van der Waals surface area contributed by atoms with Crippen LogP contribution in [0.2, 0.25) is 0 Å². The van der Waals surface area contributed by atoms with E-state index in [4.69, 9.17) is 4.74 Å². The number of nitrogens with zero attached hydrogens (tertiary/aromatic N) is 2. The van der Waals surface area contributed by atoms with Gasteiger partial charge in [0.25, 0.3) is 0 Å². The lowest BCUT2D eigenvalue weighted by atomic mass is 10.0. The maximum absolute atomic E-state index is 11.7. The Morgan fingerprint density at radius 2 is 2.22 bits per heavy atom. The summed E-state index contributed by atoms with van der Waals surface area (Å²) in [5, 5.41) is 6.87.